The molecule has 0 radical (unpaired) electrons. The number of rotatable bonds is 4. The van der Waals surface area contributed by atoms with Crippen molar-refractivity contribution >= 4 is 5.91 Å². The SMILES string of the molecule is Cc1ccc(C2NCC(=O)N2CCN2CCCCC2)cc1. The van der Waals surface area contributed by atoms with Gasteiger partial charge in [0.15, 0.2) is 0 Å². The predicted molar refractivity (Wildman–Crippen MR) is 83.9 cm³/mol. The molecule has 4 heteroatoms. The maximum atomic E-state index is 12.1. The van der Waals surface area contributed by atoms with Crippen molar-refractivity contribution in [3.8, 4) is 0 Å². The summed E-state index contributed by atoms with van der Waals surface area (Å²) in [5.41, 5.74) is 2.44. The zero-order valence-corrected chi connectivity index (χ0v) is 12.8. The second-order valence-electron chi connectivity index (χ2n) is 6.18. The number of nitrogens with zero attached hydrogens (tertiary/aromatic N) is 2. The van der Waals surface area contributed by atoms with Crippen molar-refractivity contribution < 1.29 is 4.79 Å². The van der Waals surface area contributed by atoms with Crippen molar-refractivity contribution in [3.63, 3.8) is 0 Å². The average Bonchev–Trinajstić information content (AvgIpc) is 2.88. The van der Waals surface area contributed by atoms with Crippen molar-refractivity contribution in [3.05, 3.63) is 35.4 Å². The number of amides is 1. The molecule has 0 bridgehead atoms. The molecule has 1 atom stereocenters. The van der Waals surface area contributed by atoms with E-state index in [0.717, 1.165) is 13.1 Å². The largest absolute Gasteiger partial charge is 0.321 e. The minimum Gasteiger partial charge on any atom is -0.321 e. The van der Waals surface area contributed by atoms with Crippen LogP contribution >= 0.6 is 0 Å². The van der Waals surface area contributed by atoms with Crippen molar-refractivity contribution in [2.24, 2.45) is 0 Å². The first-order chi connectivity index (χ1) is 10.2. The van der Waals surface area contributed by atoms with Crippen LogP contribution in [0.15, 0.2) is 24.3 Å². The zero-order valence-electron chi connectivity index (χ0n) is 12.8. The van der Waals surface area contributed by atoms with E-state index >= 15 is 0 Å². The molecule has 3 rings (SSSR count). The van der Waals surface area contributed by atoms with Crippen LogP contribution in [0, 0.1) is 6.92 Å². The Labute approximate surface area is 127 Å². The topological polar surface area (TPSA) is 35.6 Å². The van der Waals surface area contributed by atoms with E-state index in [1.807, 2.05) is 4.90 Å². The molecular formula is C17H25N3O. The van der Waals surface area contributed by atoms with Crippen LogP contribution < -0.4 is 5.32 Å². The summed E-state index contributed by atoms with van der Waals surface area (Å²) >= 11 is 0. The quantitative estimate of drug-likeness (QED) is 0.919. The van der Waals surface area contributed by atoms with Crippen LogP contribution in [0.1, 0.15) is 36.6 Å². The first kappa shape index (κ1) is 14.5. The van der Waals surface area contributed by atoms with Crippen LogP contribution in [0.25, 0.3) is 0 Å². The summed E-state index contributed by atoms with van der Waals surface area (Å²) in [6, 6.07) is 8.48. The molecule has 0 spiro atoms. The van der Waals surface area contributed by atoms with Crippen molar-refractivity contribution in [1.82, 2.24) is 15.1 Å². The monoisotopic (exact) mass is 287 g/mol. The number of likely N-dealkylation sites (tertiary alicyclic amines) is 1. The number of nitrogens with one attached hydrogen (secondary N) is 1. The number of aryl methyl sites for hydroxylation is 1. The highest BCUT2D eigenvalue weighted by Crippen LogP contribution is 2.22. The maximum absolute atomic E-state index is 12.1. The van der Waals surface area contributed by atoms with E-state index in [0.29, 0.717) is 6.54 Å². The van der Waals surface area contributed by atoms with Crippen LogP contribution in [0.5, 0.6) is 0 Å². The summed E-state index contributed by atoms with van der Waals surface area (Å²) in [6.45, 7) is 6.74. The number of benzene rings is 1. The number of hydrogen-bond donors (Lipinski definition) is 1. The van der Waals surface area contributed by atoms with Gasteiger partial charge in [-0.15, -0.1) is 0 Å². The lowest BCUT2D eigenvalue weighted by Gasteiger charge is -2.30. The summed E-state index contributed by atoms with van der Waals surface area (Å²) < 4.78 is 0. The van der Waals surface area contributed by atoms with E-state index in [4.69, 9.17) is 0 Å². The highest BCUT2D eigenvalue weighted by Gasteiger charge is 2.31. The van der Waals surface area contributed by atoms with Gasteiger partial charge in [-0.3, -0.25) is 10.1 Å². The Morgan fingerprint density at radius 1 is 1.10 bits per heavy atom. The first-order valence-corrected chi connectivity index (χ1v) is 8.06. The Bertz CT molecular complexity index is 479. The predicted octanol–water partition coefficient (Wildman–Crippen LogP) is 1.91. The lowest BCUT2D eigenvalue weighted by Crippen LogP contribution is -2.40. The molecule has 1 N–H and O–H groups in total. The van der Waals surface area contributed by atoms with E-state index in [1.165, 1.54) is 43.5 Å². The molecule has 1 aromatic carbocycles. The molecule has 1 unspecified atom stereocenters. The molecule has 114 valence electrons. The van der Waals surface area contributed by atoms with Gasteiger partial charge in [-0.25, -0.2) is 0 Å². The van der Waals surface area contributed by atoms with Crippen LogP contribution in [0.4, 0.5) is 0 Å². The Kier molecular flexibility index (Phi) is 4.56. The Morgan fingerprint density at radius 3 is 2.52 bits per heavy atom. The molecule has 2 saturated heterocycles. The lowest BCUT2D eigenvalue weighted by molar-refractivity contribution is -0.128. The first-order valence-electron chi connectivity index (χ1n) is 8.06. The summed E-state index contributed by atoms with van der Waals surface area (Å²) in [6.07, 6.45) is 4.00. The molecule has 2 heterocycles. The Morgan fingerprint density at radius 2 is 1.81 bits per heavy atom. The number of carbonyl (C=O) groups is 1. The fourth-order valence-corrected chi connectivity index (χ4v) is 3.27. The Balaban J connectivity index is 1.63. The minimum atomic E-state index is 0.0443. The van der Waals surface area contributed by atoms with Crippen LogP contribution in [-0.2, 0) is 4.79 Å². The molecular weight excluding hydrogens is 262 g/mol. The third-order valence-electron chi connectivity index (χ3n) is 4.58. The number of hydrogen-bond acceptors (Lipinski definition) is 3. The summed E-state index contributed by atoms with van der Waals surface area (Å²) in [5.74, 6) is 0.220. The fourth-order valence-electron chi connectivity index (χ4n) is 3.27. The highest BCUT2D eigenvalue weighted by molar-refractivity contribution is 5.80. The normalized spacial score (nSPS) is 23.8. The maximum Gasteiger partial charge on any atom is 0.238 e. The van der Waals surface area contributed by atoms with Gasteiger partial charge in [0.25, 0.3) is 0 Å². The average molecular weight is 287 g/mol. The lowest BCUT2D eigenvalue weighted by atomic mass is 10.1. The van der Waals surface area contributed by atoms with Gasteiger partial charge >= 0.3 is 0 Å². The minimum absolute atomic E-state index is 0.0443. The van der Waals surface area contributed by atoms with Crippen LogP contribution in [0.3, 0.4) is 0 Å². The van der Waals surface area contributed by atoms with Gasteiger partial charge in [-0.2, -0.15) is 0 Å². The van der Waals surface area contributed by atoms with Gasteiger partial charge in [0.05, 0.1) is 6.54 Å². The molecule has 0 saturated carbocycles. The Hall–Kier alpha value is -1.39. The zero-order chi connectivity index (χ0) is 14.7. The third kappa shape index (κ3) is 3.44. The van der Waals surface area contributed by atoms with Gasteiger partial charge in [-0.05, 0) is 38.4 Å². The van der Waals surface area contributed by atoms with Gasteiger partial charge in [-0.1, -0.05) is 36.2 Å². The molecule has 21 heavy (non-hydrogen) atoms. The van der Waals surface area contributed by atoms with Crippen molar-refractivity contribution in [2.45, 2.75) is 32.4 Å². The summed E-state index contributed by atoms with van der Waals surface area (Å²) in [5, 5.41) is 3.34. The van der Waals surface area contributed by atoms with E-state index in [9.17, 15) is 4.79 Å². The molecule has 1 aromatic rings. The molecule has 0 aliphatic carbocycles. The third-order valence-corrected chi connectivity index (χ3v) is 4.58. The molecule has 0 aromatic heterocycles. The fraction of sp³-hybridized carbons (Fsp3) is 0.588. The van der Waals surface area contributed by atoms with Gasteiger partial charge in [0.2, 0.25) is 5.91 Å². The summed E-state index contributed by atoms with van der Waals surface area (Å²) in [7, 11) is 0. The van der Waals surface area contributed by atoms with E-state index in [1.54, 1.807) is 0 Å². The molecule has 2 aliphatic rings. The van der Waals surface area contributed by atoms with Crippen LogP contribution in [0.2, 0.25) is 0 Å². The van der Waals surface area contributed by atoms with Crippen molar-refractivity contribution in [1.29, 1.82) is 0 Å². The smallest absolute Gasteiger partial charge is 0.238 e. The van der Waals surface area contributed by atoms with Gasteiger partial charge in [0.1, 0.15) is 6.17 Å². The second-order valence-corrected chi connectivity index (χ2v) is 6.18. The molecule has 2 aliphatic heterocycles. The van der Waals surface area contributed by atoms with Gasteiger partial charge < -0.3 is 9.80 Å². The van der Waals surface area contributed by atoms with E-state index in [2.05, 4.69) is 41.4 Å². The van der Waals surface area contributed by atoms with Crippen LogP contribution in [-0.4, -0.2) is 48.4 Å². The van der Waals surface area contributed by atoms with Gasteiger partial charge in [0, 0.05) is 13.1 Å². The number of carbonyl (C=O) groups excluding carboxylic acids is 1. The van der Waals surface area contributed by atoms with E-state index < -0.39 is 0 Å². The van der Waals surface area contributed by atoms with E-state index in [-0.39, 0.29) is 12.1 Å². The van der Waals surface area contributed by atoms with Crippen molar-refractivity contribution in [2.75, 3.05) is 32.7 Å². The highest BCUT2D eigenvalue weighted by atomic mass is 16.2. The standard InChI is InChI=1S/C17H25N3O/c1-14-5-7-15(8-6-14)17-18-13-16(21)20(17)12-11-19-9-3-2-4-10-19/h5-8,17-18H,2-4,9-13H2,1H3. The molecule has 4 nitrogen and oxygen atoms in total. The molecule has 1 amide bonds. The number of piperidine rings is 1. The second kappa shape index (κ2) is 6.58. The molecule has 2 fully saturated rings. The summed E-state index contributed by atoms with van der Waals surface area (Å²) in [4.78, 5) is 16.6.